The van der Waals surface area contributed by atoms with Crippen LogP contribution in [-0.4, -0.2) is 16.2 Å². The normalized spacial score (nSPS) is 8.08. The third-order valence-electron chi connectivity index (χ3n) is 0.969. The summed E-state index contributed by atoms with van der Waals surface area (Å²) in [5, 5.41) is 7.20. The molecular formula is C9H10O3S. The first-order valence-electron chi connectivity index (χ1n) is 3.56. The van der Waals surface area contributed by atoms with Crippen molar-refractivity contribution in [2.45, 2.75) is 6.42 Å². The molecule has 0 aliphatic rings. The van der Waals surface area contributed by atoms with Crippen molar-refractivity contribution < 1.29 is 14.7 Å². The standard InChI is InChI=1S/C6H6.C3H4O3S/c1-2-4-6-5-3-1;4-2(5)1-3(6)7/h1-6H;1H2,(H,4,5)(H,6,7). The minimum absolute atomic E-state index is 0.497. The van der Waals surface area contributed by atoms with Crippen LogP contribution in [0.3, 0.4) is 0 Å². The Bertz CT molecular complexity index is 220. The Hall–Kier alpha value is -1.29. The molecule has 1 rings (SSSR count). The summed E-state index contributed by atoms with van der Waals surface area (Å²) in [5.41, 5.74) is 0. The molecule has 0 amide bonds. The second kappa shape index (κ2) is 7.36. The molecular weight excluding hydrogens is 188 g/mol. The van der Waals surface area contributed by atoms with E-state index in [9.17, 15) is 9.59 Å². The highest BCUT2D eigenvalue weighted by Gasteiger charge is 1.99. The second-order valence-corrected chi connectivity index (χ2v) is 2.62. The third-order valence-corrected chi connectivity index (χ3v) is 1.13. The van der Waals surface area contributed by atoms with Gasteiger partial charge in [0.2, 0.25) is 0 Å². The Balaban J connectivity index is 0.000000223. The largest absolute Gasteiger partial charge is 0.481 e. The number of aliphatic carboxylic acids is 1. The molecule has 1 aromatic carbocycles. The fourth-order valence-corrected chi connectivity index (χ4v) is 0.650. The van der Waals surface area contributed by atoms with Crippen LogP contribution in [0, 0.1) is 0 Å². The predicted molar refractivity (Wildman–Crippen MR) is 52.7 cm³/mol. The number of carboxylic acid groups (broad SMARTS) is 1. The summed E-state index contributed by atoms with van der Waals surface area (Å²) in [6.07, 6.45) is -0.497. The molecule has 0 heterocycles. The zero-order chi connectivity index (χ0) is 10.1. The topological polar surface area (TPSA) is 54.4 Å². The minimum Gasteiger partial charge on any atom is -0.481 e. The van der Waals surface area contributed by atoms with Crippen molar-refractivity contribution in [3.8, 4) is 0 Å². The number of hydrogen-bond acceptors (Lipinski definition) is 2. The van der Waals surface area contributed by atoms with E-state index < -0.39 is 17.5 Å². The van der Waals surface area contributed by atoms with Crippen LogP contribution in [0.1, 0.15) is 6.42 Å². The molecule has 1 aromatic rings. The smallest absolute Gasteiger partial charge is 0.311 e. The monoisotopic (exact) mass is 198 g/mol. The van der Waals surface area contributed by atoms with Crippen LogP contribution < -0.4 is 0 Å². The van der Waals surface area contributed by atoms with E-state index in [-0.39, 0.29) is 0 Å². The lowest BCUT2D eigenvalue weighted by Crippen LogP contribution is -1.98. The average Bonchev–Trinajstić information content (AvgIpc) is 2.06. The van der Waals surface area contributed by atoms with Gasteiger partial charge >= 0.3 is 5.97 Å². The summed E-state index contributed by atoms with van der Waals surface area (Å²) in [7, 11) is 0. The van der Waals surface area contributed by atoms with Crippen molar-refractivity contribution >= 4 is 23.7 Å². The summed E-state index contributed by atoms with van der Waals surface area (Å²) in [5.74, 6) is -1.14. The highest BCUT2D eigenvalue weighted by molar-refractivity contribution is 7.96. The molecule has 3 nitrogen and oxygen atoms in total. The van der Waals surface area contributed by atoms with Crippen LogP contribution in [0.2, 0.25) is 0 Å². The average molecular weight is 198 g/mol. The zero-order valence-corrected chi connectivity index (χ0v) is 7.78. The maximum Gasteiger partial charge on any atom is 0.311 e. The van der Waals surface area contributed by atoms with Gasteiger partial charge in [-0.1, -0.05) is 36.4 Å². The molecule has 0 saturated carbocycles. The summed E-state index contributed by atoms with van der Waals surface area (Å²) in [4.78, 5) is 19.3. The summed E-state index contributed by atoms with van der Waals surface area (Å²) < 4.78 is 0. The van der Waals surface area contributed by atoms with E-state index in [1.165, 1.54) is 0 Å². The van der Waals surface area contributed by atoms with E-state index in [4.69, 9.17) is 5.11 Å². The Morgan fingerprint density at radius 3 is 1.38 bits per heavy atom. The number of thiol groups is 1. The Labute approximate surface area is 81.8 Å². The van der Waals surface area contributed by atoms with Crippen molar-refractivity contribution in [2.75, 3.05) is 0 Å². The van der Waals surface area contributed by atoms with Crippen molar-refractivity contribution in [1.82, 2.24) is 0 Å². The number of carbonyl (C=O) groups is 2. The van der Waals surface area contributed by atoms with Gasteiger partial charge in [0.15, 0.2) is 5.12 Å². The lowest BCUT2D eigenvalue weighted by Gasteiger charge is -1.80. The Morgan fingerprint density at radius 2 is 1.31 bits per heavy atom. The third kappa shape index (κ3) is 10.7. The van der Waals surface area contributed by atoms with E-state index >= 15 is 0 Å². The molecule has 0 saturated heterocycles. The Kier molecular flexibility index (Phi) is 6.63. The number of carbonyl (C=O) groups excluding carboxylic acids is 1. The molecule has 0 radical (unpaired) electrons. The lowest BCUT2D eigenvalue weighted by molar-refractivity contribution is -0.138. The molecule has 0 unspecified atom stereocenters. The van der Waals surface area contributed by atoms with Gasteiger partial charge in [0.05, 0.1) is 0 Å². The van der Waals surface area contributed by atoms with Crippen LogP contribution in [0.15, 0.2) is 36.4 Å². The van der Waals surface area contributed by atoms with Gasteiger partial charge in [-0.2, -0.15) is 0 Å². The highest BCUT2D eigenvalue weighted by atomic mass is 32.1. The SMILES string of the molecule is O=C(O)CC(=O)S.c1ccccc1. The first kappa shape index (κ1) is 11.7. The van der Waals surface area contributed by atoms with Gasteiger partial charge in [-0.15, -0.1) is 12.6 Å². The van der Waals surface area contributed by atoms with Crippen molar-refractivity contribution in [3.63, 3.8) is 0 Å². The second-order valence-electron chi connectivity index (χ2n) is 2.12. The zero-order valence-electron chi connectivity index (χ0n) is 6.88. The number of carboxylic acids is 1. The van der Waals surface area contributed by atoms with E-state index in [0.29, 0.717) is 0 Å². The number of hydrogen-bond donors (Lipinski definition) is 2. The summed E-state index contributed by atoms with van der Waals surface area (Å²) in [6.45, 7) is 0. The van der Waals surface area contributed by atoms with Crippen molar-refractivity contribution in [3.05, 3.63) is 36.4 Å². The number of benzene rings is 1. The molecule has 0 bridgehead atoms. The van der Waals surface area contributed by atoms with Crippen molar-refractivity contribution in [1.29, 1.82) is 0 Å². The molecule has 0 aliphatic carbocycles. The Morgan fingerprint density at radius 1 is 1.00 bits per heavy atom. The van der Waals surface area contributed by atoms with Crippen LogP contribution in [0.25, 0.3) is 0 Å². The maximum absolute atomic E-state index is 9.74. The molecule has 4 heteroatoms. The van der Waals surface area contributed by atoms with Crippen molar-refractivity contribution in [2.24, 2.45) is 0 Å². The fourth-order valence-electron chi connectivity index (χ4n) is 0.514. The number of rotatable bonds is 2. The summed E-state index contributed by atoms with van der Waals surface area (Å²) >= 11 is 3.22. The van der Waals surface area contributed by atoms with Gasteiger partial charge in [-0.3, -0.25) is 9.59 Å². The highest BCUT2D eigenvalue weighted by Crippen LogP contribution is 1.84. The maximum atomic E-state index is 9.74. The van der Waals surface area contributed by atoms with E-state index in [2.05, 4.69) is 12.6 Å². The quantitative estimate of drug-likeness (QED) is 0.560. The molecule has 1 N–H and O–H groups in total. The van der Waals surface area contributed by atoms with E-state index in [0.717, 1.165) is 0 Å². The predicted octanol–water partition coefficient (Wildman–Crippen LogP) is 1.60. The molecule has 70 valence electrons. The molecule has 0 aliphatic heterocycles. The van der Waals surface area contributed by atoms with Gasteiger partial charge in [0, 0.05) is 0 Å². The van der Waals surface area contributed by atoms with Crippen LogP contribution >= 0.6 is 12.6 Å². The first-order valence-corrected chi connectivity index (χ1v) is 4.01. The van der Waals surface area contributed by atoms with E-state index in [1.54, 1.807) is 0 Å². The summed E-state index contributed by atoms with van der Waals surface area (Å²) in [6, 6.07) is 12.0. The molecule has 13 heavy (non-hydrogen) atoms. The van der Waals surface area contributed by atoms with Crippen LogP contribution in [0.4, 0.5) is 0 Å². The van der Waals surface area contributed by atoms with E-state index in [1.807, 2.05) is 36.4 Å². The molecule has 0 atom stereocenters. The lowest BCUT2D eigenvalue weighted by atomic mass is 10.4. The van der Waals surface area contributed by atoms with Gasteiger partial charge in [0.25, 0.3) is 0 Å². The minimum atomic E-state index is -1.14. The van der Waals surface area contributed by atoms with Gasteiger partial charge in [-0.05, 0) is 0 Å². The van der Waals surface area contributed by atoms with Crippen LogP contribution in [0.5, 0.6) is 0 Å². The van der Waals surface area contributed by atoms with Crippen LogP contribution in [-0.2, 0) is 9.59 Å². The first-order chi connectivity index (χ1) is 6.13. The van der Waals surface area contributed by atoms with Gasteiger partial charge in [0.1, 0.15) is 6.42 Å². The molecule has 0 fully saturated rings. The van der Waals surface area contributed by atoms with Gasteiger partial charge < -0.3 is 5.11 Å². The fraction of sp³-hybridized carbons (Fsp3) is 0.111. The molecule has 0 spiro atoms. The van der Waals surface area contributed by atoms with Gasteiger partial charge in [-0.25, -0.2) is 0 Å². The molecule has 0 aromatic heterocycles.